The molecule has 35 heavy (non-hydrogen) atoms. The van der Waals surface area contributed by atoms with Gasteiger partial charge in [-0.2, -0.15) is 8.78 Å². The average Bonchev–Trinajstić information content (AvgIpc) is 3.25. The summed E-state index contributed by atoms with van der Waals surface area (Å²) < 4.78 is 32.5. The number of ether oxygens (including phenoxy) is 1. The number of carbonyl (C=O) groups excluding carboxylic acids is 1. The summed E-state index contributed by atoms with van der Waals surface area (Å²) in [7, 11) is 0. The van der Waals surface area contributed by atoms with Gasteiger partial charge in [0.05, 0.1) is 11.0 Å². The maximum Gasteiger partial charge on any atom is 0.387 e. The van der Waals surface area contributed by atoms with Gasteiger partial charge in [-0.25, -0.2) is 4.98 Å². The Balaban J connectivity index is 1.60. The fourth-order valence-corrected chi connectivity index (χ4v) is 5.87. The molecule has 2 aromatic carbocycles. The van der Waals surface area contributed by atoms with Gasteiger partial charge in [-0.05, 0) is 55.9 Å². The van der Waals surface area contributed by atoms with E-state index in [0.717, 1.165) is 62.4 Å². The molecule has 1 unspecified atom stereocenters. The van der Waals surface area contributed by atoms with Gasteiger partial charge in [0.25, 0.3) is 0 Å². The predicted molar refractivity (Wildman–Crippen MR) is 132 cm³/mol. The molecular formula is C28H33F2N3O2. The van der Waals surface area contributed by atoms with Crippen molar-refractivity contribution in [3.05, 3.63) is 48.5 Å². The van der Waals surface area contributed by atoms with Crippen molar-refractivity contribution in [3.8, 4) is 17.1 Å². The van der Waals surface area contributed by atoms with E-state index in [2.05, 4.69) is 14.6 Å². The Kier molecular flexibility index (Phi) is 7.30. The van der Waals surface area contributed by atoms with Crippen molar-refractivity contribution in [2.24, 2.45) is 5.92 Å². The van der Waals surface area contributed by atoms with E-state index in [1.165, 1.54) is 18.9 Å². The van der Waals surface area contributed by atoms with Gasteiger partial charge in [-0.3, -0.25) is 4.79 Å². The Hall–Kier alpha value is -2.96. The number of hydrogen-bond acceptors (Lipinski definition) is 3. The number of aromatic nitrogens is 2. The molecule has 0 spiro atoms. The normalized spacial score (nSPS) is 18.6. The van der Waals surface area contributed by atoms with Crippen LogP contribution in [0.2, 0.25) is 0 Å². The zero-order chi connectivity index (χ0) is 24.2. The van der Waals surface area contributed by atoms with E-state index in [1.807, 2.05) is 30.3 Å². The summed E-state index contributed by atoms with van der Waals surface area (Å²) >= 11 is 0. The highest BCUT2D eigenvalue weighted by atomic mass is 19.3. The van der Waals surface area contributed by atoms with Crippen LogP contribution in [0.25, 0.3) is 22.4 Å². The lowest BCUT2D eigenvalue weighted by atomic mass is 9.82. The lowest BCUT2D eigenvalue weighted by Crippen LogP contribution is -2.43. The Morgan fingerprint density at radius 3 is 2.40 bits per heavy atom. The summed E-state index contributed by atoms with van der Waals surface area (Å²) in [5, 5.41) is 3.37. The summed E-state index contributed by atoms with van der Waals surface area (Å²) in [5.41, 5.74) is 2.33. The summed E-state index contributed by atoms with van der Waals surface area (Å²) in [6, 6.07) is 14.2. The first-order chi connectivity index (χ1) is 17.1. The third-order valence-corrected chi connectivity index (χ3v) is 7.51. The molecule has 2 saturated carbocycles. The smallest absolute Gasteiger partial charge is 0.387 e. The van der Waals surface area contributed by atoms with Crippen molar-refractivity contribution in [2.75, 3.05) is 0 Å². The standard InChI is InChI=1S/C28H33F2N3O2/c29-28(30)35-22-15-9-12-20(18-22)26-32-23-16-7-8-17-24(23)33(26)25(19-10-3-1-4-11-19)27(34)31-21-13-5-2-6-14-21/h7-9,12,15-19,21,25,28H,1-6,10-11,13-14H2,(H,31,34). The van der Waals surface area contributed by atoms with Crippen LogP contribution in [0.15, 0.2) is 48.5 Å². The molecule has 0 radical (unpaired) electrons. The third kappa shape index (κ3) is 5.34. The van der Waals surface area contributed by atoms with Crippen LogP contribution in [-0.4, -0.2) is 28.1 Å². The maximum absolute atomic E-state index is 14.0. The maximum atomic E-state index is 14.0. The van der Waals surface area contributed by atoms with E-state index >= 15 is 0 Å². The SMILES string of the molecule is O=C(NC1CCCCC1)C(C1CCCCC1)n1c(-c2cccc(OC(F)F)c2)nc2ccccc21. The lowest BCUT2D eigenvalue weighted by molar-refractivity contribution is -0.127. The van der Waals surface area contributed by atoms with Crippen LogP contribution in [0.4, 0.5) is 8.78 Å². The van der Waals surface area contributed by atoms with Crippen molar-refractivity contribution in [3.63, 3.8) is 0 Å². The molecule has 0 aliphatic heterocycles. The van der Waals surface area contributed by atoms with Gasteiger partial charge >= 0.3 is 6.61 Å². The molecule has 2 fully saturated rings. The summed E-state index contributed by atoms with van der Waals surface area (Å²) in [5.74, 6) is 0.939. The number of alkyl halides is 2. The summed E-state index contributed by atoms with van der Waals surface area (Å²) in [4.78, 5) is 18.9. The number of hydrogen-bond donors (Lipinski definition) is 1. The second kappa shape index (κ2) is 10.8. The van der Waals surface area contributed by atoms with E-state index in [9.17, 15) is 13.6 Å². The first-order valence-electron chi connectivity index (χ1n) is 12.9. The van der Waals surface area contributed by atoms with Crippen LogP contribution in [0, 0.1) is 5.92 Å². The number of nitrogens with zero attached hydrogens (tertiary/aromatic N) is 2. The van der Waals surface area contributed by atoms with Crippen LogP contribution in [0.1, 0.15) is 70.3 Å². The van der Waals surface area contributed by atoms with Crippen molar-refractivity contribution < 1.29 is 18.3 Å². The molecular weight excluding hydrogens is 448 g/mol. The minimum Gasteiger partial charge on any atom is -0.435 e. The molecule has 1 aromatic heterocycles. The molecule has 2 aliphatic rings. The van der Waals surface area contributed by atoms with Crippen LogP contribution in [-0.2, 0) is 4.79 Å². The minimum absolute atomic E-state index is 0.0492. The molecule has 186 valence electrons. The number of amides is 1. The van der Waals surface area contributed by atoms with Crippen LogP contribution < -0.4 is 10.1 Å². The van der Waals surface area contributed by atoms with Gasteiger partial charge < -0.3 is 14.6 Å². The zero-order valence-corrected chi connectivity index (χ0v) is 20.0. The Morgan fingerprint density at radius 2 is 1.66 bits per heavy atom. The summed E-state index contributed by atoms with van der Waals surface area (Å²) in [6.45, 7) is -2.90. The highest BCUT2D eigenvalue weighted by Crippen LogP contribution is 2.39. The third-order valence-electron chi connectivity index (χ3n) is 7.51. The van der Waals surface area contributed by atoms with Crippen molar-refractivity contribution >= 4 is 16.9 Å². The van der Waals surface area contributed by atoms with E-state index in [0.29, 0.717) is 11.4 Å². The number of fused-ring (bicyclic) bond motifs is 1. The molecule has 2 aliphatic carbocycles. The monoisotopic (exact) mass is 481 g/mol. The molecule has 3 aromatic rings. The largest absolute Gasteiger partial charge is 0.435 e. The minimum atomic E-state index is -2.90. The molecule has 1 heterocycles. The van der Waals surface area contributed by atoms with Crippen LogP contribution >= 0.6 is 0 Å². The molecule has 1 N–H and O–H groups in total. The Morgan fingerprint density at radius 1 is 0.943 bits per heavy atom. The number of imidazole rings is 1. The van der Waals surface area contributed by atoms with E-state index < -0.39 is 12.7 Å². The number of para-hydroxylation sites is 2. The fourth-order valence-electron chi connectivity index (χ4n) is 5.87. The topological polar surface area (TPSA) is 56.2 Å². The average molecular weight is 482 g/mol. The van der Waals surface area contributed by atoms with E-state index in [-0.39, 0.29) is 23.6 Å². The van der Waals surface area contributed by atoms with Gasteiger partial charge in [0, 0.05) is 11.6 Å². The van der Waals surface area contributed by atoms with Crippen LogP contribution in [0.3, 0.4) is 0 Å². The quantitative estimate of drug-likeness (QED) is 0.400. The van der Waals surface area contributed by atoms with Crippen LogP contribution in [0.5, 0.6) is 5.75 Å². The molecule has 5 rings (SSSR count). The zero-order valence-electron chi connectivity index (χ0n) is 20.0. The number of halogens is 2. The molecule has 0 saturated heterocycles. The van der Waals surface area contributed by atoms with Gasteiger partial charge in [0.1, 0.15) is 17.6 Å². The van der Waals surface area contributed by atoms with Gasteiger partial charge in [-0.1, -0.05) is 62.8 Å². The van der Waals surface area contributed by atoms with Crippen molar-refractivity contribution in [1.29, 1.82) is 0 Å². The highest BCUT2D eigenvalue weighted by Gasteiger charge is 2.35. The number of carbonyl (C=O) groups is 1. The lowest BCUT2D eigenvalue weighted by Gasteiger charge is -2.33. The fraction of sp³-hybridized carbons (Fsp3) is 0.500. The Bertz CT molecular complexity index is 1150. The molecule has 7 heteroatoms. The van der Waals surface area contributed by atoms with Gasteiger partial charge in [0.2, 0.25) is 5.91 Å². The van der Waals surface area contributed by atoms with Crippen molar-refractivity contribution in [2.45, 2.75) is 82.9 Å². The molecule has 1 atom stereocenters. The molecule has 0 bridgehead atoms. The number of benzene rings is 2. The summed E-state index contributed by atoms with van der Waals surface area (Å²) in [6.07, 6.45) is 11.0. The second-order valence-electron chi connectivity index (χ2n) is 9.89. The predicted octanol–water partition coefficient (Wildman–Crippen LogP) is 6.88. The van der Waals surface area contributed by atoms with Crippen molar-refractivity contribution in [1.82, 2.24) is 14.9 Å². The second-order valence-corrected chi connectivity index (χ2v) is 9.89. The molecule has 1 amide bonds. The highest BCUT2D eigenvalue weighted by molar-refractivity contribution is 5.87. The van der Waals surface area contributed by atoms with Gasteiger partial charge in [0.15, 0.2) is 0 Å². The number of nitrogens with one attached hydrogen (secondary N) is 1. The van der Waals surface area contributed by atoms with Gasteiger partial charge in [-0.15, -0.1) is 0 Å². The Labute approximate surface area is 204 Å². The van der Waals surface area contributed by atoms with E-state index in [1.54, 1.807) is 12.1 Å². The number of rotatable bonds is 7. The molecule has 5 nitrogen and oxygen atoms in total. The van der Waals surface area contributed by atoms with E-state index in [4.69, 9.17) is 4.98 Å². The first-order valence-corrected chi connectivity index (χ1v) is 12.9. The first kappa shape index (κ1) is 23.8.